The fraction of sp³-hybridized carbons (Fsp3) is 0.333. The van der Waals surface area contributed by atoms with Gasteiger partial charge in [-0.2, -0.15) is 13.2 Å². The van der Waals surface area contributed by atoms with Crippen LogP contribution in [0.15, 0.2) is 30.6 Å². The summed E-state index contributed by atoms with van der Waals surface area (Å²) in [7, 11) is 2.47. The van der Waals surface area contributed by atoms with Crippen molar-refractivity contribution in [2.24, 2.45) is 7.05 Å². The number of imidazole rings is 1. The number of alkyl halides is 3. The van der Waals surface area contributed by atoms with Crippen molar-refractivity contribution in [1.29, 1.82) is 0 Å². The molecule has 0 amide bonds. The number of rotatable bonds is 5. The number of ketones is 1. The molecule has 0 aliphatic carbocycles. The summed E-state index contributed by atoms with van der Waals surface area (Å²) >= 11 is 0. The van der Waals surface area contributed by atoms with E-state index in [-0.39, 0.29) is 11.3 Å². The third-order valence-electron chi connectivity index (χ3n) is 3.55. The highest BCUT2D eigenvalue weighted by Crippen LogP contribution is 2.41. The van der Waals surface area contributed by atoms with Gasteiger partial charge in [-0.05, 0) is 18.2 Å². The molecule has 0 radical (unpaired) electrons. The van der Waals surface area contributed by atoms with Crippen molar-refractivity contribution >= 4 is 5.78 Å². The first-order valence-electron chi connectivity index (χ1n) is 6.74. The van der Waals surface area contributed by atoms with Crippen molar-refractivity contribution in [2.45, 2.75) is 18.2 Å². The van der Waals surface area contributed by atoms with Crippen LogP contribution in [0.3, 0.4) is 0 Å². The number of benzene rings is 1. The van der Waals surface area contributed by atoms with Crippen LogP contribution in [0.4, 0.5) is 17.6 Å². The second-order valence-corrected chi connectivity index (χ2v) is 5.17. The fourth-order valence-electron chi connectivity index (χ4n) is 2.24. The van der Waals surface area contributed by atoms with E-state index in [4.69, 9.17) is 0 Å². The molecular formula is C15H14F4N2O3. The molecule has 0 aliphatic rings. The van der Waals surface area contributed by atoms with Crippen LogP contribution in [0.2, 0.25) is 0 Å². The van der Waals surface area contributed by atoms with Crippen molar-refractivity contribution in [3.8, 4) is 5.75 Å². The number of ether oxygens (including phenoxy) is 1. The molecule has 0 saturated heterocycles. The van der Waals surface area contributed by atoms with Crippen LogP contribution in [-0.2, 0) is 12.6 Å². The lowest BCUT2D eigenvalue weighted by Gasteiger charge is -2.29. The van der Waals surface area contributed by atoms with Gasteiger partial charge in [-0.25, -0.2) is 9.37 Å². The number of carbonyl (C=O) groups excluding carboxylic acids is 1. The molecule has 0 saturated carbocycles. The van der Waals surface area contributed by atoms with Gasteiger partial charge in [-0.3, -0.25) is 4.79 Å². The standard InChI is InChI=1S/C15H14F4N2O3/c1-21-6-5-20-13(21)14(23,15(17,18)19)8-11(22)9-3-4-12(24-2)10(16)7-9/h3-7,23H,8H2,1-2H3. The number of aromatic nitrogens is 2. The Balaban J connectivity index is 2.39. The predicted molar refractivity (Wildman–Crippen MR) is 75.1 cm³/mol. The first kappa shape index (κ1) is 17.9. The number of hydrogen-bond acceptors (Lipinski definition) is 4. The van der Waals surface area contributed by atoms with E-state index in [1.807, 2.05) is 0 Å². The second kappa shape index (κ2) is 6.23. The summed E-state index contributed by atoms with van der Waals surface area (Å²) in [6, 6.07) is 3.01. The lowest BCUT2D eigenvalue weighted by atomic mass is 9.92. The van der Waals surface area contributed by atoms with E-state index in [9.17, 15) is 27.5 Å². The molecular weight excluding hydrogens is 332 g/mol. The minimum Gasteiger partial charge on any atom is -0.494 e. The first-order chi connectivity index (χ1) is 11.1. The summed E-state index contributed by atoms with van der Waals surface area (Å²) in [4.78, 5) is 15.7. The molecule has 0 fully saturated rings. The zero-order valence-corrected chi connectivity index (χ0v) is 12.8. The molecule has 0 aliphatic heterocycles. The van der Waals surface area contributed by atoms with Gasteiger partial charge in [0.2, 0.25) is 5.60 Å². The van der Waals surface area contributed by atoms with Crippen LogP contribution < -0.4 is 4.74 Å². The summed E-state index contributed by atoms with van der Waals surface area (Å²) < 4.78 is 59.4. The van der Waals surface area contributed by atoms with Crippen molar-refractivity contribution in [3.63, 3.8) is 0 Å². The maximum absolute atomic E-state index is 13.6. The number of nitrogens with zero attached hydrogens (tertiary/aromatic N) is 2. The van der Waals surface area contributed by atoms with Crippen molar-refractivity contribution in [3.05, 3.63) is 47.8 Å². The van der Waals surface area contributed by atoms with Crippen molar-refractivity contribution in [1.82, 2.24) is 9.55 Å². The molecule has 24 heavy (non-hydrogen) atoms. The third-order valence-corrected chi connectivity index (χ3v) is 3.55. The molecule has 2 aromatic rings. The summed E-state index contributed by atoms with van der Waals surface area (Å²) in [5.74, 6) is -2.85. The fourth-order valence-corrected chi connectivity index (χ4v) is 2.24. The van der Waals surface area contributed by atoms with Crippen LogP contribution in [0.25, 0.3) is 0 Å². The Hall–Kier alpha value is -2.42. The Morgan fingerprint density at radius 1 is 1.38 bits per heavy atom. The number of Topliss-reactive ketones (excluding diaryl/α,β-unsaturated/α-hetero) is 1. The highest BCUT2D eigenvalue weighted by molar-refractivity contribution is 5.97. The number of aliphatic hydroxyl groups is 1. The average Bonchev–Trinajstić information content (AvgIpc) is 2.92. The van der Waals surface area contributed by atoms with Gasteiger partial charge in [-0.15, -0.1) is 0 Å². The van der Waals surface area contributed by atoms with E-state index in [1.165, 1.54) is 20.4 Å². The smallest absolute Gasteiger partial charge is 0.425 e. The largest absolute Gasteiger partial charge is 0.494 e. The normalized spacial score (nSPS) is 14.3. The van der Waals surface area contributed by atoms with E-state index in [1.54, 1.807) is 0 Å². The van der Waals surface area contributed by atoms with Crippen LogP contribution >= 0.6 is 0 Å². The van der Waals surface area contributed by atoms with Gasteiger partial charge in [0.1, 0.15) is 0 Å². The van der Waals surface area contributed by atoms with Gasteiger partial charge >= 0.3 is 6.18 Å². The zero-order chi connectivity index (χ0) is 18.1. The van der Waals surface area contributed by atoms with E-state index >= 15 is 0 Å². The minimum absolute atomic E-state index is 0.151. The number of halogens is 4. The van der Waals surface area contributed by atoms with Gasteiger partial charge < -0.3 is 14.4 Å². The number of hydrogen-bond donors (Lipinski definition) is 1. The molecule has 1 atom stereocenters. The Morgan fingerprint density at radius 3 is 2.50 bits per heavy atom. The Morgan fingerprint density at radius 2 is 2.04 bits per heavy atom. The van der Waals surface area contributed by atoms with Crippen LogP contribution in [0.5, 0.6) is 5.75 Å². The zero-order valence-electron chi connectivity index (χ0n) is 12.8. The van der Waals surface area contributed by atoms with E-state index < -0.39 is 35.6 Å². The lowest BCUT2D eigenvalue weighted by Crippen LogP contribution is -2.46. The molecule has 5 nitrogen and oxygen atoms in total. The molecule has 9 heteroatoms. The topological polar surface area (TPSA) is 64.3 Å². The van der Waals surface area contributed by atoms with E-state index in [2.05, 4.69) is 9.72 Å². The molecule has 0 bridgehead atoms. The lowest BCUT2D eigenvalue weighted by molar-refractivity contribution is -0.268. The van der Waals surface area contributed by atoms with Crippen LogP contribution in [0, 0.1) is 5.82 Å². The average molecular weight is 346 g/mol. The highest BCUT2D eigenvalue weighted by Gasteiger charge is 2.58. The van der Waals surface area contributed by atoms with Gasteiger partial charge in [0.05, 0.1) is 13.5 Å². The quantitative estimate of drug-likeness (QED) is 0.668. The van der Waals surface area contributed by atoms with Gasteiger partial charge in [0.15, 0.2) is 23.2 Å². The maximum Gasteiger partial charge on any atom is 0.425 e. The Kier molecular flexibility index (Phi) is 4.66. The van der Waals surface area contributed by atoms with E-state index in [0.717, 1.165) is 29.0 Å². The second-order valence-electron chi connectivity index (χ2n) is 5.17. The van der Waals surface area contributed by atoms with Gasteiger partial charge in [0, 0.05) is 25.0 Å². The molecule has 1 heterocycles. The number of aryl methyl sites for hydroxylation is 1. The molecule has 1 N–H and O–H groups in total. The summed E-state index contributed by atoms with van der Waals surface area (Å²) in [6.45, 7) is 0. The van der Waals surface area contributed by atoms with Crippen LogP contribution in [-0.4, -0.2) is 33.7 Å². The highest BCUT2D eigenvalue weighted by atomic mass is 19.4. The summed E-state index contributed by atoms with van der Waals surface area (Å²) in [5.41, 5.74) is -3.80. The third kappa shape index (κ3) is 3.12. The molecule has 1 aromatic heterocycles. The number of carbonyl (C=O) groups is 1. The SMILES string of the molecule is COc1ccc(C(=O)CC(O)(c2nccn2C)C(F)(F)F)cc1F. The molecule has 130 valence electrons. The first-order valence-corrected chi connectivity index (χ1v) is 6.74. The van der Waals surface area contributed by atoms with Crippen LogP contribution in [0.1, 0.15) is 22.6 Å². The molecule has 1 aromatic carbocycles. The monoisotopic (exact) mass is 346 g/mol. The summed E-state index contributed by atoms with van der Waals surface area (Å²) in [5, 5.41) is 10.1. The van der Waals surface area contributed by atoms with Gasteiger partial charge in [-0.1, -0.05) is 0 Å². The number of methoxy groups -OCH3 is 1. The Labute approximate surface area is 134 Å². The Bertz CT molecular complexity index is 757. The molecule has 2 rings (SSSR count). The van der Waals surface area contributed by atoms with Gasteiger partial charge in [0.25, 0.3) is 0 Å². The molecule has 0 spiro atoms. The molecule has 1 unspecified atom stereocenters. The van der Waals surface area contributed by atoms with E-state index in [0.29, 0.717) is 0 Å². The summed E-state index contributed by atoms with van der Waals surface area (Å²) in [6.07, 6.45) is -4.19. The van der Waals surface area contributed by atoms with Crippen molar-refractivity contribution in [2.75, 3.05) is 7.11 Å². The predicted octanol–water partition coefficient (Wildman–Crippen LogP) is 2.59. The maximum atomic E-state index is 13.6. The van der Waals surface area contributed by atoms with Crippen molar-refractivity contribution < 1.29 is 32.2 Å². The minimum atomic E-state index is -5.15.